The first kappa shape index (κ1) is 14.5. The molecule has 1 aromatic rings. The minimum absolute atomic E-state index is 0.113. The summed E-state index contributed by atoms with van der Waals surface area (Å²) in [5.74, 6) is -0.113. The molecule has 17 heavy (non-hydrogen) atoms. The summed E-state index contributed by atoms with van der Waals surface area (Å²) in [5.41, 5.74) is 1.24. The molecule has 1 rings (SSSR count). The summed E-state index contributed by atoms with van der Waals surface area (Å²) < 4.78 is 0.790. The molecule has 1 N–H and O–H groups in total. The van der Waals surface area contributed by atoms with Gasteiger partial charge in [-0.3, -0.25) is 4.79 Å². The number of hydrogen-bond acceptors (Lipinski definition) is 1. The van der Waals surface area contributed by atoms with Crippen molar-refractivity contribution in [3.63, 3.8) is 0 Å². The number of alkyl halides is 1. The molecule has 0 saturated carbocycles. The van der Waals surface area contributed by atoms with Gasteiger partial charge in [-0.15, -0.1) is 11.6 Å². The number of aryl methyl sites for hydroxylation is 1. The van der Waals surface area contributed by atoms with Crippen molar-refractivity contribution in [1.82, 2.24) is 5.32 Å². The number of benzene rings is 1. The van der Waals surface area contributed by atoms with E-state index in [9.17, 15) is 4.79 Å². The van der Waals surface area contributed by atoms with Crippen molar-refractivity contribution in [3.8, 4) is 0 Å². The fourth-order valence-electron chi connectivity index (χ4n) is 1.27. The summed E-state index contributed by atoms with van der Waals surface area (Å²) in [6, 6.07) is 5.69. The van der Waals surface area contributed by atoms with Gasteiger partial charge in [0.1, 0.15) is 0 Å². The van der Waals surface area contributed by atoms with E-state index in [1.807, 2.05) is 45.9 Å². The summed E-state index contributed by atoms with van der Waals surface area (Å²) in [4.78, 5) is 12.1. The Morgan fingerprint density at radius 2 is 2.06 bits per heavy atom. The molecule has 1 unspecified atom stereocenters. The molecule has 0 bridgehead atoms. The molecule has 0 aliphatic rings. The van der Waals surface area contributed by atoms with E-state index in [0.29, 0.717) is 5.56 Å². The number of amides is 1. The Morgan fingerprint density at radius 3 is 2.59 bits per heavy atom. The number of nitrogens with one attached hydrogen (secondary N) is 1. The zero-order chi connectivity index (χ0) is 13.2. The maximum atomic E-state index is 12.1. The third kappa shape index (κ3) is 3.71. The second-order valence-corrected chi connectivity index (χ2v) is 6.28. The van der Waals surface area contributed by atoms with Gasteiger partial charge in [0.2, 0.25) is 0 Å². The smallest absolute Gasteiger partial charge is 0.252 e. The van der Waals surface area contributed by atoms with Gasteiger partial charge in [0.05, 0.1) is 16.5 Å². The minimum atomic E-state index is -0.443. The van der Waals surface area contributed by atoms with Crippen LogP contribution >= 0.6 is 27.5 Å². The molecule has 0 aliphatic heterocycles. The summed E-state index contributed by atoms with van der Waals surface area (Å²) in [7, 11) is 0. The topological polar surface area (TPSA) is 29.1 Å². The molecule has 0 aromatic heterocycles. The summed E-state index contributed by atoms with van der Waals surface area (Å²) in [5, 5.41) is 2.80. The Morgan fingerprint density at radius 1 is 1.47 bits per heavy atom. The van der Waals surface area contributed by atoms with E-state index in [1.54, 1.807) is 0 Å². The molecule has 0 fully saturated rings. The molecular formula is C13H17BrClNO. The van der Waals surface area contributed by atoms with E-state index in [4.69, 9.17) is 11.6 Å². The van der Waals surface area contributed by atoms with Crippen molar-refractivity contribution in [1.29, 1.82) is 0 Å². The van der Waals surface area contributed by atoms with Crippen LogP contribution in [0.25, 0.3) is 0 Å². The number of carbonyl (C=O) groups is 1. The zero-order valence-electron chi connectivity index (χ0n) is 10.5. The lowest BCUT2D eigenvalue weighted by Crippen LogP contribution is -2.49. The molecule has 0 radical (unpaired) electrons. The van der Waals surface area contributed by atoms with Gasteiger partial charge in [0.15, 0.2) is 0 Å². The van der Waals surface area contributed by atoms with Crippen LogP contribution in [0.15, 0.2) is 22.7 Å². The first-order valence-electron chi connectivity index (χ1n) is 5.47. The molecule has 4 heteroatoms. The van der Waals surface area contributed by atoms with Crippen molar-refractivity contribution in [2.45, 2.75) is 38.6 Å². The average Bonchev–Trinajstić information content (AvgIpc) is 2.20. The predicted molar refractivity (Wildman–Crippen MR) is 75.7 cm³/mol. The molecule has 1 amide bonds. The van der Waals surface area contributed by atoms with Crippen LogP contribution in [0, 0.1) is 6.92 Å². The van der Waals surface area contributed by atoms with Crippen LogP contribution in [-0.4, -0.2) is 16.8 Å². The molecular weight excluding hydrogens is 302 g/mol. The van der Waals surface area contributed by atoms with Crippen molar-refractivity contribution >= 4 is 33.4 Å². The normalized spacial score (nSPS) is 13.3. The highest BCUT2D eigenvalue weighted by Gasteiger charge is 2.27. The number of halogens is 2. The summed E-state index contributed by atoms with van der Waals surface area (Å²) in [6.45, 7) is 7.64. The van der Waals surface area contributed by atoms with Gasteiger partial charge >= 0.3 is 0 Å². The van der Waals surface area contributed by atoms with Crippen molar-refractivity contribution in [2.24, 2.45) is 0 Å². The SMILES string of the molecule is Cc1ccc(Br)c(C(=O)NC(C)(C)C(C)Cl)c1. The van der Waals surface area contributed by atoms with E-state index >= 15 is 0 Å². The molecule has 94 valence electrons. The Kier molecular flexibility index (Phi) is 4.62. The highest BCUT2D eigenvalue weighted by atomic mass is 79.9. The standard InChI is InChI=1S/C13H17BrClNO/c1-8-5-6-11(14)10(7-8)12(17)16-13(3,4)9(2)15/h5-7,9H,1-4H3,(H,16,17). The summed E-state index contributed by atoms with van der Waals surface area (Å²) >= 11 is 9.43. The predicted octanol–water partition coefficient (Wildman–Crippen LogP) is 3.89. The molecule has 0 heterocycles. The third-order valence-electron chi connectivity index (χ3n) is 2.80. The van der Waals surface area contributed by atoms with Crippen molar-refractivity contribution in [2.75, 3.05) is 0 Å². The van der Waals surface area contributed by atoms with Crippen LogP contribution in [-0.2, 0) is 0 Å². The van der Waals surface area contributed by atoms with Gasteiger partial charge in [0, 0.05) is 4.47 Å². The fraction of sp³-hybridized carbons (Fsp3) is 0.462. The lowest BCUT2D eigenvalue weighted by molar-refractivity contribution is 0.0911. The second kappa shape index (κ2) is 5.40. The maximum Gasteiger partial charge on any atom is 0.252 e. The Bertz CT molecular complexity index is 429. The van der Waals surface area contributed by atoms with Gasteiger partial charge in [-0.2, -0.15) is 0 Å². The van der Waals surface area contributed by atoms with Gasteiger partial charge in [-0.1, -0.05) is 11.6 Å². The van der Waals surface area contributed by atoms with Crippen molar-refractivity contribution in [3.05, 3.63) is 33.8 Å². The quantitative estimate of drug-likeness (QED) is 0.842. The second-order valence-electron chi connectivity index (χ2n) is 4.78. The number of rotatable bonds is 3. The Balaban J connectivity index is 2.94. The first-order valence-corrected chi connectivity index (χ1v) is 6.69. The van der Waals surface area contributed by atoms with Crippen LogP contribution < -0.4 is 5.32 Å². The molecule has 1 atom stereocenters. The molecule has 2 nitrogen and oxygen atoms in total. The van der Waals surface area contributed by atoms with E-state index in [0.717, 1.165) is 10.0 Å². The third-order valence-corrected chi connectivity index (χ3v) is 4.03. The lowest BCUT2D eigenvalue weighted by atomic mass is 10.0. The molecule has 1 aromatic carbocycles. The average molecular weight is 319 g/mol. The van der Waals surface area contributed by atoms with E-state index < -0.39 is 5.54 Å². The van der Waals surface area contributed by atoms with Gasteiger partial charge in [-0.25, -0.2) is 0 Å². The molecule has 0 spiro atoms. The monoisotopic (exact) mass is 317 g/mol. The number of carbonyl (C=O) groups excluding carboxylic acids is 1. The van der Waals surface area contributed by atoms with Crippen LogP contribution in [0.4, 0.5) is 0 Å². The Labute approximate surface area is 116 Å². The highest BCUT2D eigenvalue weighted by molar-refractivity contribution is 9.10. The van der Waals surface area contributed by atoms with Crippen LogP contribution in [0.3, 0.4) is 0 Å². The zero-order valence-corrected chi connectivity index (χ0v) is 12.8. The molecule has 0 saturated heterocycles. The van der Waals surface area contributed by atoms with Gasteiger partial charge < -0.3 is 5.32 Å². The van der Waals surface area contributed by atoms with E-state index in [1.165, 1.54) is 0 Å². The Hall–Kier alpha value is -0.540. The van der Waals surface area contributed by atoms with E-state index in [2.05, 4.69) is 21.2 Å². The van der Waals surface area contributed by atoms with Gasteiger partial charge in [-0.05, 0) is 55.8 Å². The largest absolute Gasteiger partial charge is 0.346 e. The summed E-state index contributed by atoms with van der Waals surface area (Å²) in [6.07, 6.45) is 0. The van der Waals surface area contributed by atoms with E-state index in [-0.39, 0.29) is 11.3 Å². The van der Waals surface area contributed by atoms with Gasteiger partial charge in [0.25, 0.3) is 5.91 Å². The fourth-order valence-corrected chi connectivity index (χ4v) is 1.75. The number of hydrogen-bond donors (Lipinski definition) is 1. The minimum Gasteiger partial charge on any atom is -0.346 e. The van der Waals surface area contributed by atoms with Crippen LogP contribution in [0.1, 0.15) is 36.7 Å². The first-order chi connectivity index (χ1) is 7.74. The maximum absolute atomic E-state index is 12.1. The lowest BCUT2D eigenvalue weighted by Gasteiger charge is -2.29. The van der Waals surface area contributed by atoms with Crippen LogP contribution in [0.2, 0.25) is 0 Å². The van der Waals surface area contributed by atoms with Crippen molar-refractivity contribution < 1.29 is 4.79 Å². The highest BCUT2D eigenvalue weighted by Crippen LogP contribution is 2.20. The van der Waals surface area contributed by atoms with Crippen LogP contribution in [0.5, 0.6) is 0 Å². The molecule has 0 aliphatic carbocycles.